The molecule has 1 heterocycles. The summed E-state index contributed by atoms with van der Waals surface area (Å²) in [5.41, 5.74) is 1.07. The van der Waals surface area contributed by atoms with Crippen LogP contribution in [-0.2, 0) is 0 Å². The molecule has 0 aliphatic carbocycles. The van der Waals surface area contributed by atoms with E-state index in [-0.39, 0.29) is 0 Å². The smallest absolute Gasteiger partial charge is 0.0695 e. The van der Waals surface area contributed by atoms with Gasteiger partial charge in [0.1, 0.15) is 0 Å². The number of aromatic nitrogens is 2. The van der Waals surface area contributed by atoms with Crippen molar-refractivity contribution in [1.29, 1.82) is 0 Å². The van der Waals surface area contributed by atoms with E-state index in [0.29, 0.717) is 0 Å². The van der Waals surface area contributed by atoms with Crippen molar-refractivity contribution in [3.63, 3.8) is 0 Å². The highest BCUT2D eigenvalue weighted by atomic mass is 15.3. The van der Waals surface area contributed by atoms with Crippen molar-refractivity contribution in [3.05, 3.63) is 59.8 Å². The number of hydrogen-bond acceptors (Lipinski definition) is 1. The topological polar surface area (TPSA) is 17.8 Å². The Morgan fingerprint density at radius 3 is 2.67 bits per heavy atom. The lowest BCUT2D eigenvalue weighted by Crippen LogP contribution is -2.27. The monoisotopic (exact) mass is 238 g/mol. The van der Waals surface area contributed by atoms with Gasteiger partial charge in [-0.2, -0.15) is 5.10 Å². The first-order chi connectivity index (χ1) is 8.83. The Labute approximate surface area is 108 Å². The molecule has 92 valence electrons. The van der Waals surface area contributed by atoms with E-state index in [1.807, 2.05) is 47.3 Å². The van der Waals surface area contributed by atoms with Crippen LogP contribution in [0.5, 0.6) is 0 Å². The SMILES string of the molecule is C=CCCC/C=c1/c(=C)cnn1-c1ccccc1. The maximum atomic E-state index is 4.39. The van der Waals surface area contributed by atoms with Crippen LogP contribution < -0.4 is 10.6 Å². The molecule has 2 rings (SSSR count). The summed E-state index contributed by atoms with van der Waals surface area (Å²) in [4.78, 5) is 0. The molecule has 0 bridgehead atoms. The molecule has 0 atom stereocenters. The highest BCUT2D eigenvalue weighted by Gasteiger charge is 1.98. The summed E-state index contributed by atoms with van der Waals surface area (Å²) in [6, 6.07) is 10.1. The molecule has 18 heavy (non-hydrogen) atoms. The molecule has 2 heteroatoms. The van der Waals surface area contributed by atoms with E-state index in [2.05, 4.69) is 24.3 Å². The first kappa shape index (κ1) is 12.4. The van der Waals surface area contributed by atoms with Gasteiger partial charge in [-0.15, -0.1) is 6.58 Å². The van der Waals surface area contributed by atoms with Crippen molar-refractivity contribution in [3.8, 4) is 5.69 Å². The van der Waals surface area contributed by atoms with Crippen molar-refractivity contribution in [2.45, 2.75) is 19.3 Å². The van der Waals surface area contributed by atoms with Gasteiger partial charge in [0.2, 0.25) is 0 Å². The van der Waals surface area contributed by atoms with E-state index >= 15 is 0 Å². The highest BCUT2D eigenvalue weighted by molar-refractivity contribution is 5.33. The van der Waals surface area contributed by atoms with Crippen LogP contribution in [0.25, 0.3) is 18.3 Å². The second-order valence-corrected chi connectivity index (χ2v) is 4.23. The summed E-state index contributed by atoms with van der Waals surface area (Å²) in [6.07, 6.45) is 9.14. The van der Waals surface area contributed by atoms with Crippen molar-refractivity contribution < 1.29 is 0 Å². The molecule has 0 unspecified atom stereocenters. The van der Waals surface area contributed by atoms with E-state index in [1.165, 1.54) is 0 Å². The van der Waals surface area contributed by atoms with Crippen LogP contribution in [0.3, 0.4) is 0 Å². The van der Waals surface area contributed by atoms with Gasteiger partial charge in [0, 0.05) is 5.22 Å². The standard InChI is InChI=1S/C16H18N2/c1-3-4-5-9-12-16-14(2)13-17-18(16)15-10-7-6-8-11-15/h3,6-8,10-13H,1-2,4-5,9H2/b16-12-. The summed E-state index contributed by atoms with van der Waals surface area (Å²) in [5.74, 6) is 0. The Balaban J connectivity index is 2.33. The van der Waals surface area contributed by atoms with Crippen LogP contribution in [0, 0.1) is 0 Å². The van der Waals surface area contributed by atoms with Crippen LogP contribution in [0.4, 0.5) is 0 Å². The quantitative estimate of drug-likeness (QED) is 0.578. The summed E-state index contributed by atoms with van der Waals surface area (Å²) in [7, 11) is 0. The Morgan fingerprint density at radius 1 is 1.17 bits per heavy atom. The Morgan fingerprint density at radius 2 is 1.94 bits per heavy atom. The van der Waals surface area contributed by atoms with E-state index < -0.39 is 0 Å². The fourth-order valence-corrected chi connectivity index (χ4v) is 1.89. The number of allylic oxidation sites excluding steroid dienone is 1. The molecule has 2 nitrogen and oxygen atoms in total. The zero-order valence-electron chi connectivity index (χ0n) is 10.5. The zero-order chi connectivity index (χ0) is 12.8. The Hall–Kier alpha value is -2.09. The summed E-state index contributed by atoms with van der Waals surface area (Å²) in [6.45, 7) is 7.76. The highest BCUT2D eigenvalue weighted by Crippen LogP contribution is 2.01. The van der Waals surface area contributed by atoms with Gasteiger partial charge in [0.05, 0.1) is 17.2 Å². The minimum atomic E-state index is 0.970. The van der Waals surface area contributed by atoms with Crippen molar-refractivity contribution >= 4 is 12.7 Å². The number of para-hydroxylation sites is 1. The van der Waals surface area contributed by atoms with Gasteiger partial charge in [-0.25, -0.2) is 4.68 Å². The van der Waals surface area contributed by atoms with E-state index in [4.69, 9.17) is 0 Å². The van der Waals surface area contributed by atoms with E-state index in [0.717, 1.165) is 35.5 Å². The molecule has 0 N–H and O–H groups in total. The summed E-state index contributed by atoms with van der Waals surface area (Å²) < 4.78 is 1.94. The molecule has 1 aromatic heterocycles. The lowest BCUT2D eigenvalue weighted by molar-refractivity contribution is 0.838. The third kappa shape index (κ3) is 2.77. The largest absolute Gasteiger partial charge is 0.233 e. The maximum Gasteiger partial charge on any atom is 0.0695 e. The summed E-state index contributed by atoms with van der Waals surface area (Å²) in [5, 5.41) is 6.45. The number of unbranched alkanes of at least 4 members (excludes halogenated alkanes) is 2. The molecule has 0 aliphatic rings. The van der Waals surface area contributed by atoms with Gasteiger partial charge in [0.25, 0.3) is 0 Å². The van der Waals surface area contributed by atoms with Gasteiger partial charge < -0.3 is 0 Å². The molecule has 2 aromatic rings. The fraction of sp³-hybridized carbons (Fsp3) is 0.188. The minimum absolute atomic E-state index is 0.970. The molecule has 0 spiro atoms. The first-order valence-corrected chi connectivity index (χ1v) is 6.22. The average molecular weight is 238 g/mol. The average Bonchev–Trinajstić information content (AvgIpc) is 2.77. The van der Waals surface area contributed by atoms with Crippen molar-refractivity contribution in [2.75, 3.05) is 0 Å². The lowest BCUT2D eigenvalue weighted by Gasteiger charge is -2.01. The van der Waals surface area contributed by atoms with Crippen molar-refractivity contribution in [2.24, 2.45) is 0 Å². The van der Waals surface area contributed by atoms with Crippen LogP contribution in [-0.4, -0.2) is 9.78 Å². The van der Waals surface area contributed by atoms with Gasteiger partial charge in [0.15, 0.2) is 0 Å². The van der Waals surface area contributed by atoms with Crippen LogP contribution in [0.15, 0.2) is 49.2 Å². The molecule has 0 aliphatic heterocycles. The molecule has 1 aromatic carbocycles. The molecule has 0 radical (unpaired) electrons. The third-order valence-electron chi connectivity index (χ3n) is 2.84. The molecule has 0 saturated carbocycles. The number of hydrogen-bond donors (Lipinski definition) is 0. The fourth-order valence-electron chi connectivity index (χ4n) is 1.89. The molecular weight excluding hydrogens is 220 g/mol. The zero-order valence-corrected chi connectivity index (χ0v) is 10.5. The normalized spacial score (nSPS) is 11.7. The van der Waals surface area contributed by atoms with Crippen LogP contribution in [0.1, 0.15) is 19.3 Å². The molecular formula is C16H18N2. The molecule has 0 fully saturated rings. The second-order valence-electron chi connectivity index (χ2n) is 4.23. The minimum Gasteiger partial charge on any atom is -0.233 e. The van der Waals surface area contributed by atoms with Gasteiger partial charge in [-0.3, -0.25) is 0 Å². The predicted molar refractivity (Wildman–Crippen MR) is 76.8 cm³/mol. The van der Waals surface area contributed by atoms with E-state index in [9.17, 15) is 0 Å². The second kappa shape index (κ2) is 6.01. The van der Waals surface area contributed by atoms with Gasteiger partial charge in [-0.1, -0.05) is 36.9 Å². The lowest BCUT2D eigenvalue weighted by atomic mass is 10.2. The number of nitrogens with zero attached hydrogens (tertiary/aromatic N) is 2. The molecule has 0 saturated heterocycles. The Bertz CT molecular complexity index is 608. The number of benzene rings is 1. The van der Waals surface area contributed by atoms with Gasteiger partial charge in [-0.05, 0) is 31.4 Å². The number of rotatable bonds is 5. The predicted octanol–water partition coefficient (Wildman–Crippen LogP) is 2.42. The maximum absolute atomic E-state index is 4.39. The van der Waals surface area contributed by atoms with Crippen molar-refractivity contribution in [1.82, 2.24) is 9.78 Å². The molecule has 0 amide bonds. The summed E-state index contributed by atoms with van der Waals surface area (Å²) >= 11 is 0. The first-order valence-electron chi connectivity index (χ1n) is 6.22. The van der Waals surface area contributed by atoms with E-state index in [1.54, 1.807) is 0 Å². The van der Waals surface area contributed by atoms with Crippen LogP contribution >= 0.6 is 0 Å². The van der Waals surface area contributed by atoms with Crippen LogP contribution in [0.2, 0.25) is 0 Å². The Kier molecular flexibility index (Phi) is 4.13. The van der Waals surface area contributed by atoms with Gasteiger partial charge >= 0.3 is 0 Å². The third-order valence-corrected chi connectivity index (χ3v) is 2.84.